The Morgan fingerprint density at radius 3 is 3.25 bits per heavy atom. The molecule has 1 saturated heterocycles. The lowest BCUT2D eigenvalue weighted by Crippen LogP contribution is -2.47. The largest absolute Gasteiger partial charge is 0.345 e. The van der Waals surface area contributed by atoms with Crippen molar-refractivity contribution in [3.8, 4) is 0 Å². The molecular formula is C9H16N6O. The molecule has 1 aliphatic rings. The van der Waals surface area contributed by atoms with E-state index in [2.05, 4.69) is 37.8 Å². The molecule has 1 atom stereocenters. The zero-order chi connectivity index (χ0) is 11.4. The molecule has 0 radical (unpaired) electrons. The van der Waals surface area contributed by atoms with Crippen molar-refractivity contribution in [2.75, 3.05) is 19.6 Å². The third-order valence-electron chi connectivity index (χ3n) is 2.84. The first-order chi connectivity index (χ1) is 7.79. The molecule has 0 spiro atoms. The first-order valence-corrected chi connectivity index (χ1v) is 5.56. The van der Waals surface area contributed by atoms with E-state index in [4.69, 9.17) is 0 Å². The van der Waals surface area contributed by atoms with Gasteiger partial charge in [-0.05, 0) is 31.1 Å². The Hall–Kier alpha value is -1.50. The van der Waals surface area contributed by atoms with E-state index < -0.39 is 0 Å². The molecule has 1 amide bonds. The van der Waals surface area contributed by atoms with Crippen molar-refractivity contribution in [3.63, 3.8) is 0 Å². The molecule has 0 saturated carbocycles. The van der Waals surface area contributed by atoms with Gasteiger partial charge < -0.3 is 10.2 Å². The Labute approximate surface area is 93.6 Å². The van der Waals surface area contributed by atoms with Crippen molar-refractivity contribution in [3.05, 3.63) is 5.82 Å². The molecule has 1 fully saturated rings. The number of rotatable bonds is 3. The van der Waals surface area contributed by atoms with Crippen LogP contribution in [0.25, 0.3) is 0 Å². The summed E-state index contributed by atoms with van der Waals surface area (Å²) in [5.74, 6) is -0.148. The zero-order valence-corrected chi connectivity index (χ0v) is 9.31. The normalized spacial score (nSPS) is 21.9. The van der Waals surface area contributed by atoms with Crippen molar-refractivity contribution in [2.45, 2.75) is 25.8 Å². The molecule has 0 aromatic carbocycles. The SMILES string of the molecule is CCN1CCCC(NC(=O)c2nn[nH]n2)C1. The number of hydrogen-bond acceptors (Lipinski definition) is 5. The van der Waals surface area contributed by atoms with Gasteiger partial charge in [0.2, 0.25) is 0 Å². The van der Waals surface area contributed by atoms with E-state index in [-0.39, 0.29) is 17.8 Å². The van der Waals surface area contributed by atoms with E-state index in [0.29, 0.717) is 0 Å². The standard InChI is InChI=1S/C9H16N6O/c1-2-15-5-3-4-7(6-15)10-9(16)8-11-13-14-12-8/h7H,2-6H2,1H3,(H,10,16)(H,11,12,13,14). The smallest absolute Gasteiger partial charge is 0.293 e. The quantitative estimate of drug-likeness (QED) is 0.717. The van der Waals surface area contributed by atoms with E-state index in [9.17, 15) is 4.79 Å². The van der Waals surface area contributed by atoms with Crippen LogP contribution in [-0.4, -0.2) is 57.1 Å². The van der Waals surface area contributed by atoms with Gasteiger partial charge in [0.05, 0.1) is 0 Å². The lowest BCUT2D eigenvalue weighted by Gasteiger charge is -2.31. The molecule has 88 valence electrons. The minimum Gasteiger partial charge on any atom is -0.345 e. The monoisotopic (exact) mass is 224 g/mol. The molecule has 0 bridgehead atoms. The summed E-state index contributed by atoms with van der Waals surface area (Å²) in [5, 5.41) is 15.8. The van der Waals surface area contributed by atoms with Gasteiger partial charge in [0, 0.05) is 12.6 Å². The van der Waals surface area contributed by atoms with Crippen LogP contribution in [0.3, 0.4) is 0 Å². The number of piperidine rings is 1. The molecule has 1 unspecified atom stereocenters. The summed E-state index contributed by atoms with van der Waals surface area (Å²) in [6, 6.07) is 0.194. The van der Waals surface area contributed by atoms with Crippen LogP contribution < -0.4 is 5.32 Å². The van der Waals surface area contributed by atoms with Gasteiger partial charge >= 0.3 is 0 Å². The third-order valence-corrected chi connectivity index (χ3v) is 2.84. The summed E-state index contributed by atoms with van der Waals surface area (Å²) >= 11 is 0. The average Bonchev–Trinajstić information content (AvgIpc) is 2.83. The number of aromatic nitrogens is 4. The van der Waals surface area contributed by atoms with Gasteiger partial charge in [-0.1, -0.05) is 6.92 Å². The predicted molar refractivity (Wildman–Crippen MR) is 56.8 cm³/mol. The fraction of sp³-hybridized carbons (Fsp3) is 0.778. The molecule has 1 aliphatic heterocycles. The number of carbonyl (C=O) groups excluding carboxylic acids is 1. The summed E-state index contributed by atoms with van der Waals surface area (Å²) < 4.78 is 0. The summed E-state index contributed by atoms with van der Waals surface area (Å²) in [6.07, 6.45) is 2.13. The van der Waals surface area contributed by atoms with Gasteiger partial charge in [0.15, 0.2) is 0 Å². The van der Waals surface area contributed by atoms with Gasteiger partial charge in [-0.2, -0.15) is 5.21 Å². The predicted octanol–water partition coefficient (Wildman–Crippen LogP) is -0.586. The van der Waals surface area contributed by atoms with E-state index >= 15 is 0 Å². The summed E-state index contributed by atoms with van der Waals surface area (Å²) in [5.41, 5.74) is 0. The van der Waals surface area contributed by atoms with Crippen LogP contribution in [0.5, 0.6) is 0 Å². The molecular weight excluding hydrogens is 208 g/mol. The number of aromatic amines is 1. The number of tetrazole rings is 1. The number of nitrogens with zero attached hydrogens (tertiary/aromatic N) is 4. The maximum absolute atomic E-state index is 11.7. The lowest BCUT2D eigenvalue weighted by atomic mass is 10.1. The molecule has 16 heavy (non-hydrogen) atoms. The van der Waals surface area contributed by atoms with Crippen molar-refractivity contribution in [2.24, 2.45) is 0 Å². The van der Waals surface area contributed by atoms with Crippen molar-refractivity contribution >= 4 is 5.91 Å². The molecule has 2 heterocycles. The van der Waals surface area contributed by atoms with Gasteiger partial charge in [0.1, 0.15) is 0 Å². The van der Waals surface area contributed by atoms with Crippen molar-refractivity contribution < 1.29 is 4.79 Å². The minimum atomic E-state index is -0.253. The Balaban J connectivity index is 1.87. The van der Waals surface area contributed by atoms with Crippen LogP contribution in [-0.2, 0) is 0 Å². The van der Waals surface area contributed by atoms with E-state index in [1.807, 2.05) is 0 Å². The van der Waals surface area contributed by atoms with Crippen LogP contribution in [0.15, 0.2) is 0 Å². The van der Waals surface area contributed by atoms with Gasteiger partial charge in [-0.25, -0.2) is 0 Å². The van der Waals surface area contributed by atoms with Crippen LogP contribution >= 0.6 is 0 Å². The van der Waals surface area contributed by atoms with Crippen LogP contribution in [0, 0.1) is 0 Å². The second-order valence-electron chi connectivity index (χ2n) is 3.94. The molecule has 2 N–H and O–H groups in total. The summed E-state index contributed by atoms with van der Waals surface area (Å²) in [4.78, 5) is 14.0. The fourth-order valence-electron chi connectivity index (χ4n) is 1.97. The number of carbonyl (C=O) groups is 1. The highest BCUT2D eigenvalue weighted by atomic mass is 16.2. The number of H-pyrrole nitrogens is 1. The second kappa shape index (κ2) is 5.02. The fourth-order valence-corrected chi connectivity index (χ4v) is 1.97. The molecule has 7 heteroatoms. The van der Waals surface area contributed by atoms with E-state index in [0.717, 1.165) is 32.5 Å². The van der Waals surface area contributed by atoms with Crippen LogP contribution in [0.1, 0.15) is 30.4 Å². The van der Waals surface area contributed by atoms with Crippen molar-refractivity contribution in [1.29, 1.82) is 0 Å². The number of nitrogens with one attached hydrogen (secondary N) is 2. The Kier molecular flexibility index (Phi) is 3.45. The minimum absolute atomic E-state index is 0.105. The Morgan fingerprint density at radius 2 is 2.56 bits per heavy atom. The maximum Gasteiger partial charge on any atom is 0.293 e. The number of likely N-dealkylation sites (N-methyl/N-ethyl adjacent to an activating group) is 1. The van der Waals surface area contributed by atoms with Crippen molar-refractivity contribution in [1.82, 2.24) is 30.8 Å². The molecule has 7 nitrogen and oxygen atoms in total. The highest BCUT2D eigenvalue weighted by Crippen LogP contribution is 2.09. The topological polar surface area (TPSA) is 86.8 Å². The Bertz CT molecular complexity index is 338. The number of hydrogen-bond donors (Lipinski definition) is 2. The first-order valence-electron chi connectivity index (χ1n) is 5.56. The van der Waals surface area contributed by atoms with E-state index in [1.54, 1.807) is 0 Å². The first kappa shape index (κ1) is 11.0. The lowest BCUT2D eigenvalue weighted by molar-refractivity contribution is 0.0895. The number of amides is 1. The third kappa shape index (κ3) is 2.54. The average molecular weight is 224 g/mol. The molecule has 2 rings (SSSR count). The van der Waals surface area contributed by atoms with Gasteiger partial charge in [-0.15, -0.1) is 10.2 Å². The number of likely N-dealkylation sites (tertiary alicyclic amines) is 1. The Morgan fingerprint density at radius 1 is 1.69 bits per heavy atom. The maximum atomic E-state index is 11.7. The van der Waals surface area contributed by atoms with Gasteiger partial charge in [-0.3, -0.25) is 4.79 Å². The molecule has 1 aromatic heterocycles. The molecule has 1 aromatic rings. The van der Waals surface area contributed by atoms with Crippen LogP contribution in [0.2, 0.25) is 0 Å². The second-order valence-corrected chi connectivity index (χ2v) is 3.94. The highest BCUT2D eigenvalue weighted by molar-refractivity contribution is 5.90. The molecule has 0 aliphatic carbocycles. The highest BCUT2D eigenvalue weighted by Gasteiger charge is 2.22. The zero-order valence-electron chi connectivity index (χ0n) is 9.31. The van der Waals surface area contributed by atoms with E-state index in [1.165, 1.54) is 0 Å². The van der Waals surface area contributed by atoms with Gasteiger partial charge in [0.25, 0.3) is 11.7 Å². The summed E-state index contributed by atoms with van der Waals surface area (Å²) in [6.45, 7) is 5.17. The summed E-state index contributed by atoms with van der Waals surface area (Å²) in [7, 11) is 0. The van der Waals surface area contributed by atoms with Crippen LogP contribution in [0.4, 0.5) is 0 Å².